The Morgan fingerprint density at radius 1 is 1.39 bits per heavy atom. The summed E-state index contributed by atoms with van der Waals surface area (Å²) in [6.45, 7) is 1.71. The zero-order chi connectivity index (χ0) is 12.5. The van der Waals surface area contributed by atoms with Crippen LogP contribution in [0.1, 0.15) is 30.1 Å². The Balaban J connectivity index is 2.04. The van der Waals surface area contributed by atoms with Crippen LogP contribution in [0.4, 0.5) is 0 Å². The number of rotatable bonds is 2. The van der Waals surface area contributed by atoms with E-state index in [0.717, 1.165) is 37.3 Å². The fourth-order valence-electron chi connectivity index (χ4n) is 2.68. The SMILES string of the molecule is Cn1c(C2CCOCC2)nc2cc(CS)ccc21. The van der Waals surface area contributed by atoms with Gasteiger partial charge in [-0.05, 0) is 30.5 Å². The lowest BCUT2D eigenvalue weighted by Crippen LogP contribution is -2.17. The van der Waals surface area contributed by atoms with Crippen molar-refractivity contribution in [2.24, 2.45) is 7.05 Å². The van der Waals surface area contributed by atoms with Gasteiger partial charge < -0.3 is 9.30 Å². The van der Waals surface area contributed by atoms with Gasteiger partial charge in [-0.2, -0.15) is 12.6 Å². The molecule has 0 saturated carbocycles. The highest BCUT2D eigenvalue weighted by Crippen LogP contribution is 2.29. The van der Waals surface area contributed by atoms with Crippen molar-refractivity contribution >= 4 is 23.7 Å². The average Bonchev–Trinajstić information content (AvgIpc) is 2.76. The third kappa shape index (κ3) is 2.04. The van der Waals surface area contributed by atoms with E-state index in [2.05, 4.69) is 42.4 Å². The van der Waals surface area contributed by atoms with Gasteiger partial charge in [0.25, 0.3) is 0 Å². The van der Waals surface area contributed by atoms with E-state index < -0.39 is 0 Å². The number of nitrogens with zero attached hydrogens (tertiary/aromatic N) is 2. The smallest absolute Gasteiger partial charge is 0.112 e. The van der Waals surface area contributed by atoms with Crippen LogP contribution in [0.5, 0.6) is 0 Å². The summed E-state index contributed by atoms with van der Waals surface area (Å²) in [5.74, 6) is 2.50. The fraction of sp³-hybridized carbons (Fsp3) is 0.500. The number of ether oxygens (including phenoxy) is 1. The minimum absolute atomic E-state index is 0.538. The second-order valence-electron chi connectivity index (χ2n) is 4.90. The second-order valence-corrected chi connectivity index (χ2v) is 5.21. The van der Waals surface area contributed by atoms with Crippen LogP contribution in [0.3, 0.4) is 0 Å². The van der Waals surface area contributed by atoms with E-state index in [1.165, 1.54) is 16.9 Å². The Kier molecular flexibility index (Phi) is 3.31. The number of aromatic nitrogens is 2. The summed E-state index contributed by atoms with van der Waals surface area (Å²) in [4.78, 5) is 4.82. The summed E-state index contributed by atoms with van der Waals surface area (Å²) < 4.78 is 7.65. The first kappa shape index (κ1) is 12.1. The number of benzene rings is 1. The zero-order valence-electron chi connectivity index (χ0n) is 10.6. The molecule has 0 radical (unpaired) electrons. The molecule has 0 unspecified atom stereocenters. The Hall–Kier alpha value is -1.00. The van der Waals surface area contributed by atoms with Crippen LogP contribution >= 0.6 is 12.6 Å². The van der Waals surface area contributed by atoms with Crippen LogP contribution in [0.15, 0.2) is 18.2 Å². The van der Waals surface area contributed by atoms with Gasteiger partial charge in [0.1, 0.15) is 5.82 Å². The lowest BCUT2D eigenvalue weighted by Gasteiger charge is -2.21. The fourth-order valence-corrected chi connectivity index (χ4v) is 2.88. The van der Waals surface area contributed by atoms with E-state index in [9.17, 15) is 0 Å². The largest absolute Gasteiger partial charge is 0.381 e. The van der Waals surface area contributed by atoms with Gasteiger partial charge in [-0.15, -0.1) is 0 Å². The molecule has 0 aliphatic carbocycles. The van der Waals surface area contributed by atoms with Gasteiger partial charge in [0.05, 0.1) is 11.0 Å². The number of hydrogen-bond acceptors (Lipinski definition) is 3. The molecule has 2 heterocycles. The van der Waals surface area contributed by atoms with Gasteiger partial charge in [0.15, 0.2) is 0 Å². The van der Waals surface area contributed by atoms with E-state index in [0.29, 0.717) is 5.92 Å². The van der Waals surface area contributed by atoms with E-state index in [4.69, 9.17) is 9.72 Å². The van der Waals surface area contributed by atoms with E-state index in [1.807, 2.05) is 0 Å². The van der Waals surface area contributed by atoms with Crippen molar-refractivity contribution in [2.45, 2.75) is 24.5 Å². The van der Waals surface area contributed by atoms with Crippen molar-refractivity contribution in [3.8, 4) is 0 Å². The maximum absolute atomic E-state index is 5.42. The van der Waals surface area contributed by atoms with Crippen molar-refractivity contribution in [1.82, 2.24) is 9.55 Å². The van der Waals surface area contributed by atoms with Gasteiger partial charge in [-0.3, -0.25) is 0 Å². The van der Waals surface area contributed by atoms with Crippen molar-refractivity contribution in [2.75, 3.05) is 13.2 Å². The molecule has 4 heteroatoms. The minimum atomic E-state index is 0.538. The minimum Gasteiger partial charge on any atom is -0.381 e. The van der Waals surface area contributed by atoms with E-state index in [1.54, 1.807) is 0 Å². The zero-order valence-corrected chi connectivity index (χ0v) is 11.5. The van der Waals surface area contributed by atoms with Gasteiger partial charge in [0.2, 0.25) is 0 Å². The number of thiol groups is 1. The van der Waals surface area contributed by atoms with Crippen molar-refractivity contribution in [3.05, 3.63) is 29.6 Å². The topological polar surface area (TPSA) is 27.1 Å². The van der Waals surface area contributed by atoms with E-state index >= 15 is 0 Å². The normalized spacial score (nSPS) is 17.4. The molecular weight excluding hydrogens is 244 g/mol. The van der Waals surface area contributed by atoms with E-state index in [-0.39, 0.29) is 0 Å². The van der Waals surface area contributed by atoms with Crippen LogP contribution in [0.25, 0.3) is 11.0 Å². The highest BCUT2D eigenvalue weighted by molar-refractivity contribution is 7.79. The molecule has 0 atom stereocenters. The molecule has 96 valence electrons. The molecule has 2 aromatic rings. The Morgan fingerprint density at radius 3 is 2.89 bits per heavy atom. The summed E-state index contributed by atoms with van der Waals surface area (Å²) >= 11 is 4.32. The van der Waals surface area contributed by atoms with Crippen LogP contribution < -0.4 is 0 Å². The van der Waals surface area contributed by atoms with Crippen LogP contribution in [0.2, 0.25) is 0 Å². The van der Waals surface area contributed by atoms with Crippen molar-refractivity contribution in [1.29, 1.82) is 0 Å². The number of fused-ring (bicyclic) bond motifs is 1. The van der Waals surface area contributed by atoms with Gasteiger partial charge in [-0.1, -0.05) is 6.07 Å². The Labute approximate surface area is 113 Å². The Bertz CT molecular complexity index is 558. The summed E-state index contributed by atoms with van der Waals surface area (Å²) in [5, 5.41) is 0. The lowest BCUT2D eigenvalue weighted by atomic mass is 9.99. The summed E-state index contributed by atoms with van der Waals surface area (Å²) in [6, 6.07) is 6.42. The van der Waals surface area contributed by atoms with Crippen molar-refractivity contribution in [3.63, 3.8) is 0 Å². The van der Waals surface area contributed by atoms with Crippen LogP contribution in [-0.2, 0) is 17.5 Å². The monoisotopic (exact) mass is 262 g/mol. The van der Waals surface area contributed by atoms with Crippen LogP contribution in [-0.4, -0.2) is 22.8 Å². The molecule has 1 aliphatic heterocycles. The van der Waals surface area contributed by atoms with Gasteiger partial charge >= 0.3 is 0 Å². The summed E-state index contributed by atoms with van der Waals surface area (Å²) in [5.41, 5.74) is 3.52. The maximum atomic E-state index is 5.42. The molecule has 18 heavy (non-hydrogen) atoms. The summed E-state index contributed by atoms with van der Waals surface area (Å²) in [7, 11) is 2.11. The number of imidazole rings is 1. The Morgan fingerprint density at radius 2 is 2.17 bits per heavy atom. The third-order valence-corrected chi connectivity index (χ3v) is 4.11. The molecule has 1 saturated heterocycles. The number of hydrogen-bond donors (Lipinski definition) is 1. The molecule has 0 amide bonds. The highest BCUT2D eigenvalue weighted by atomic mass is 32.1. The molecule has 1 aliphatic rings. The standard InChI is InChI=1S/C14H18N2OS/c1-16-13-3-2-10(9-18)8-12(13)15-14(16)11-4-6-17-7-5-11/h2-3,8,11,18H,4-7,9H2,1H3. The molecular formula is C14H18N2OS. The molecule has 3 rings (SSSR count). The predicted octanol–water partition coefficient (Wildman–Crippen LogP) is 2.90. The number of aryl methyl sites for hydroxylation is 1. The lowest BCUT2D eigenvalue weighted by molar-refractivity contribution is 0.0831. The molecule has 0 N–H and O–H groups in total. The molecule has 0 bridgehead atoms. The average molecular weight is 262 g/mol. The first-order chi connectivity index (χ1) is 8.79. The molecule has 0 spiro atoms. The maximum Gasteiger partial charge on any atom is 0.112 e. The third-order valence-electron chi connectivity index (χ3n) is 3.75. The predicted molar refractivity (Wildman–Crippen MR) is 76.2 cm³/mol. The molecule has 3 nitrogen and oxygen atoms in total. The van der Waals surface area contributed by atoms with Crippen molar-refractivity contribution < 1.29 is 4.74 Å². The van der Waals surface area contributed by atoms with Gasteiger partial charge in [0, 0.05) is 31.9 Å². The first-order valence-electron chi connectivity index (χ1n) is 6.43. The van der Waals surface area contributed by atoms with Crippen LogP contribution in [0, 0.1) is 0 Å². The highest BCUT2D eigenvalue weighted by Gasteiger charge is 2.21. The molecule has 1 fully saturated rings. The molecule has 1 aromatic carbocycles. The quantitative estimate of drug-likeness (QED) is 0.843. The molecule has 1 aromatic heterocycles. The van der Waals surface area contributed by atoms with Gasteiger partial charge in [-0.25, -0.2) is 4.98 Å². The summed E-state index contributed by atoms with van der Waals surface area (Å²) in [6.07, 6.45) is 2.16. The second kappa shape index (κ2) is 4.94. The first-order valence-corrected chi connectivity index (χ1v) is 7.06.